The Labute approximate surface area is 159 Å². The highest BCUT2D eigenvalue weighted by molar-refractivity contribution is 5.87. The van der Waals surface area contributed by atoms with E-state index in [1.165, 1.54) is 0 Å². The van der Waals surface area contributed by atoms with Gasteiger partial charge in [-0.2, -0.15) is 0 Å². The summed E-state index contributed by atoms with van der Waals surface area (Å²) in [6.07, 6.45) is 0.426. The summed E-state index contributed by atoms with van der Waals surface area (Å²) >= 11 is 0. The molecule has 0 aliphatic heterocycles. The van der Waals surface area contributed by atoms with Gasteiger partial charge in [0.05, 0.1) is 6.04 Å². The van der Waals surface area contributed by atoms with Crippen molar-refractivity contribution in [1.82, 2.24) is 5.32 Å². The molecule has 0 saturated heterocycles. The van der Waals surface area contributed by atoms with Gasteiger partial charge in [0.15, 0.2) is 0 Å². The highest BCUT2D eigenvalue weighted by Gasteiger charge is 2.26. The van der Waals surface area contributed by atoms with Gasteiger partial charge in [-0.1, -0.05) is 30.3 Å². The molecule has 0 spiro atoms. The van der Waals surface area contributed by atoms with E-state index in [2.05, 4.69) is 5.32 Å². The second-order valence-corrected chi connectivity index (χ2v) is 7.41. The van der Waals surface area contributed by atoms with E-state index in [0.717, 1.165) is 5.56 Å². The van der Waals surface area contributed by atoms with Crippen molar-refractivity contribution in [3.63, 3.8) is 0 Å². The van der Waals surface area contributed by atoms with Gasteiger partial charge in [-0.25, -0.2) is 4.79 Å². The molecule has 0 heterocycles. The number of rotatable bonds is 9. The van der Waals surface area contributed by atoms with E-state index in [0.29, 0.717) is 0 Å². The third kappa shape index (κ3) is 8.65. The van der Waals surface area contributed by atoms with Crippen LogP contribution in [0.5, 0.6) is 0 Å². The molecule has 8 nitrogen and oxygen atoms in total. The van der Waals surface area contributed by atoms with E-state index in [1.807, 2.05) is 6.07 Å². The molecule has 27 heavy (non-hydrogen) atoms. The van der Waals surface area contributed by atoms with Crippen molar-refractivity contribution in [3.8, 4) is 0 Å². The molecule has 0 aliphatic rings. The van der Waals surface area contributed by atoms with Crippen LogP contribution in [0.15, 0.2) is 30.3 Å². The molecule has 0 saturated carbocycles. The van der Waals surface area contributed by atoms with Crippen molar-refractivity contribution in [2.75, 3.05) is 0 Å². The van der Waals surface area contributed by atoms with E-state index >= 15 is 0 Å². The van der Waals surface area contributed by atoms with Crippen molar-refractivity contribution < 1.29 is 24.2 Å². The van der Waals surface area contributed by atoms with Crippen LogP contribution in [0.1, 0.15) is 39.2 Å². The van der Waals surface area contributed by atoms with Crippen LogP contribution in [0.25, 0.3) is 0 Å². The molecule has 6 N–H and O–H groups in total. The molecular weight excluding hydrogens is 350 g/mol. The largest absolute Gasteiger partial charge is 0.480 e. The number of aliphatic carboxylic acids is 1. The summed E-state index contributed by atoms with van der Waals surface area (Å²) in [5.41, 5.74) is 11.7. The Kier molecular flexibility index (Phi) is 8.39. The first-order chi connectivity index (χ1) is 12.5. The topological polar surface area (TPSA) is 145 Å². The summed E-state index contributed by atoms with van der Waals surface area (Å²) < 4.78 is 5.17. The summed E-state index contributed by atoms with van der Waals surface area (Å²) in [4.78, 5) is 35.5. The first kappa shape index (κ1) is 22.6. The fraction of sp³-hybridized carbons (Fsp3) is 0.526. The van der Waals surface area contributed by atoms with Crippen LogP contribution in [-0.2, 0) is 25.5 Å². The minimum Gasteiger partial charge on any atom is -0.480 e. The maximum atomic E-state index is 12.2. The van der Waals surface area contributed by atoms with Gasteiger partial charge in [-0.15, -0.1) is 0 Å². The minimum absolute atomic E-state index is 0.129. The summed E-state index contributed by atoms with van der Waals surface area (Å²) in [5, 5.41) is 11.8. The predicted octanol–water partition coefficient (Wildman–Crippen LogP) is 0.575. The number of ether oxygens (including phenoxy) is 1. The second-order valence-electron chi connectivity index (χ2n) is 7.41. The van der Waals surface area contributed by atoms with Crippen molar-refractivity contribution in [2.45, 2.75) is 63.8 Å². The predicted molar refractivity (Wildman–Crippen MR) is 101 cm³/mol. The smallest absolute Gasteiger partial charge is 0.326 e. The average molecular weight is 379 g/mol. The van der Waals surface area contributed by atoms with E-state index in [1.54, 1.807) is 45.0 Å². The van der Waals surface area contributed by atoms with Crippen molar-refractivity contribution in [2.24, 2.45) is 11.5 Å². The molecule has 1 unspecified atom stereocenters. The van der Waals surface area contributed by atoms with Gasteiger partial charge < -0.3 is 26.6 Å². The molecule has 0 fully saturated rings. The van der Waals surface area contributed by atoms with Crippen molar-refractivity contribution in [3.05, 3.63) is 35.9 Å². The van der Waals surface area contributed by atoms with Gasteiger partial charge in [-0.05, 0) is 39.2 Å². The Hall–Kier alpha value is -2.45. The number of carboxylic acid groups (broad SMARTS) is 1. The quantitative estimate of drug-likeness (QED) is 0.459. The highest BCUT2D eigenvalue weighted by Crippen LogP contribution is 2.10. The number of carbonyl (C=O) groups is 3. The maximum Gasteiger partial charge on any atom is 0.326 e. The Bertz CT molecular complexity index is 642. The Balaban J connectivity index is 2.54. The monoisotopic (exact) mass is 379 g/mol. The number of benzene rings is 1. The maximum absolute atomic E-state index is 12.2. The van der Waals surface area contributed by atoms with E-state index in [-0.39, 0.29) is 19.3 Å². The third-order valence-corrected chi connectivity index (χ3v) is 3.73. The molecule has 1 aromatic rings. The molecule has 3 atom stereocenters. The molecule has 1 aromatic carbocycles. The molecule has 1 rings (SSSR count). The van der Waals surface area contributed by atoms with Gasteiger partial charge in [0.25, 0.3) is 0 Å². The lowest BCUT2D eigenvalue weighted by Crippen LogP contribution is -2.50. The summed E-state index contributed by atoms with van der Waals surface area (Å²) in [6.45, 7) is 5.20. The van der Waals surface area contributed by atoms with Gasteiger partial charge in [0, 0.05) is 6.42 Å². The van der Waals surface area contributed by atoms with Gasteiger partial charge in [0.1, 0.15) is 17.7 Å². The van der Waals surface area contributed by atoms with Crippen LogP contribution in [0, 0.1) is 0 Å². The number of nitrogens with one attached hydrogen (secondary N) is 1. The van der Waals surface area contributed by atoms with Crippen LogP contribution in [0.3, 0.4) is 0 Å². The molecule has 150 valence electrons. The molecule has 8 heteroatoms. The molecule has 0 aromatic heterocycles. The zero-order valence-electron chi connectivity index (χ0n) is 16.0. The van der Waals surface area contributed by atoms with Crippen LogP contribution < -0.4 is 16.8 Å². The number of esters is 1. The molecule has 0 radical (unpaired) electrons. The summed E-state index contributed by atoms with van der Waals surface area (Å²) in [6, 6.07) is 6.00. The minimum atomic E-state index is -1.15. The van der Waals surface area contributed by atoms with Crippen LogP contribution in [0.2, 0.25) is 0 Å². The van der Waals surface area contributed by atoms with Crippen LogP contribution in [-0.4, -0.2) is 46.7 Å². The first-order valence-electron chi connectivity index (χ1n) is 8.80. The lowest BCUT2D eigenvalue weighted by Gasteiger charge is -2.23. The third-order valence-electron chi connectivity index (χ3n) is 3.73. The summed E-state index contributed by atoms with van der Waals surface area (Å²) in [7, 11) is 0. The lowest BCUT2D eigenvalue weighted by molar-refractivity contribution is -0.156. The summed E-state index contributed by atoms with van der Waals surface area (Å²) in [5.74, 6) is -2.32. The zero-order chi connectivity index (χ0) is 20.6. The highest BCUT2D eigenvalue weighted by atomic mass is 16.6. The van der Waals surface area contributed by atoms with E-state index < -0.39 is 41.6 Å². The normalized spacial score (nSPS) is 14.7. The first-order valence-corrected chi connectivity index (χ1v) is 8.80. The standard InChI is InChI=1S/C19H29N3O5/c1-19(2,3)27-18(26)14(21)10-9-13(20)16(23)22-15(17(24)25)11-12-7-5-4-6-8-12/h4-8,13-15H,9-11,20-21H2,1-3H3,(H,22,23)(H,24,25)/t13-,14?,15-/m1/s1. The van der Waals surface area contributed by atoms with Crippen molar-refractivity contribution in [1.29, 1.82) is 0 Å². The van der Waals surface area contributed by atoms with Gasteiger partial charge >= 0.3 is 11.9 Å². The number of hydrogen-bond donors (Lipinski definition) is 4. The SMILES string of the molecule is CC(C)(C)OC(=O)C(N)CC[C@@H](N)C(=O)N[C@H](Cc1ccccc1)C(=O)O. The number of carbonyl (C=O) groups excluding carboxylic acids is 2. The van der Waals surface area contributed by atoms with Gasteiger partial charge in [0.2, 0.25) is 5.91 Å². The number of hydrogen-bond acceptors (Lipinski definition) is 6. The van der Waals surface area contributed by atoms with Crippen LogP contribution in [0.4, 0.5) is 0 Å². The fourth-order valence-electron chi connectivity index (χ4n) is 2.31. The van der Waals surface area contributed by atoms with Gasteiger partial charge in [-0.3, -0.25) is 9.59 Å². The fourth-order valence-corrected chi connectivity index (χ4v) is 2.31. The Morgan fingerprint density at radius 2 is 1.63 bits per heavy atom. The van der Waals surface area contributed by atoms with Crippen LogP contribution >= 0.6 is 0 Å². The lowest BCUT2D eigenvalue weighted by atomic mass is 10.0. The molecule has 0 aliphatic carbocycles. The van der Waals surface area contributed by atoms with E-state index in [9.17, 15) is 19.5 Å². The Morgan fingerprint density at radius 3 is 2.15 bits per heavy atom. The van der Waals surface area contributed by atoms with Crippen molar-refractivity contribution >= 4 is 17.8 Å². The average Bonchev–Trinajstić information content (AvgIpc) is 2.57. The zero-order valence-corrected chi connectivity index (χ0v) is 16.0. The molecule has 0 bridgehead atoms. The second kappa shape index (κ2) is 10.0. The Morgan fingerprint density at radius 1 is 1.07 bits per heavy atom. The molecular formula is C19H29N3O5. The number of carboxylic acids is 1. The van der Waals surface area contributed by atoms with E-state index in [4.69, 9.17) is 16.2 Å². The number of nitrogens with two attached hydrogens (primary N) is 2. The number of amides is 1. The molecule has 1 amide bonds.